The zero-order chi connectivity index (χ0) is 19.5. The van der Waals surface area contributed by atoms with Crippen LogP contribution in [0.3, 0.4) is 0 Å². The van der Waals surface area contributed by atoms with E-state index in [1.54, 1.807) is 31.0 Å². The first kappa shape index (κ1) is 17.9. The van der Waals surface area contributed by atoms with Crippen molar-refractivity contribution in [3.8, 4) is 22.8 Å². The minimum Gasteiger partial charge on any atom is -0.493 e. The van der Waals surface area contributed by atoms with Crippen molar-refractivity contribution < 1.29 is 9.47 Å². The van der Waals surface area contributed by atoms with E-state index in [2.05, 4.69) is 9.97 Å². The first-order chi connectivity index (χ1) is 13.7. The molecule has 0 bridgehead atoms. The number of fused-ring (bicyclic) bond motifs is 1. The second-order valence-electron chi connectivity index (χ2n) is 5.95. The Kier molecular flexibility index (Phi) is 4.90. The number of aromatic nitrogens is 3. The van der Waals surface area contributed by atoms with E-state index in [4.69, 9.17) is 9.47 Å². The molecule has 0 N–H and O–H groups in total. The van der Waals surface area contributed by atoms with Crippen LogP contribution < -0.4 is 15.0 Å². The molecule has 0 fully saturated rings. The van der Waals surface area contributed by atoms with Crippen LogP contribution in [0.4, 0.5) is 0 Å². The molecule has 0 radical (unpaired) electrons. The lowest BCUT2D eigenvalue weighted by molar-refractivity contribution is 0.355. The normalized spacial score (nSPS) is 11.2. The van der Waals surface area contributed by atoms with Gasteiger partial charge in [0.15, 0.2) is 16.5 Å². The van der Waals surface area contributed by atoms with Gasteiger partial charge in [-0.3, -0.25) is 14.2 Å². The molecule has 0 aliphatic heterocycles. The van der Waals surface area contributed by atoms with Crippen molar-refractivity contribution >= 4 is 28.4 Å². The van der Waals surface area contributed by atoms with Crippen LogP contribution in [-0.4, -0.2) is 28.6 Å². The second kappa shape index (κ2) is 7.66. The summed E-state index contributed by atoms with van der Waals surface area (Å²) in [7, 11) is 3.18. The van der Waals surface area contributed by atoms with Crippen LogP contribution in [0, 0.1) is 0 Å². The van der Waals surface area contributed by atoms with Crippen LogP contribution >= 0.6 is 11.3 Å². The van der Waals surface area contributed by atoms with Gasteiger partial charge in [-0.2, -0.15) is 0 Å². The van der Waals surface area contributed by atoms with Gasteiger partial charge in [0.25, 0.3) is 5.56 Å². The first-order valence-electron chi connectivity index (χ1n) is 8.51. The molecule has 7 heteroatoms. The van der Waals surface area contributed by atoms with E-state index < -0.39 is 0 Å². The van der Waals surface area contributed by atoms with Crippen molar-refractivity contribution in [2.75, 3.05) is 14.2 Å². The molecule has 1 aromatic carbocycles. The fraction of sp³-hybridized carbons (Fsp3) is 0.0952. The third-order valence-corrected chi connectivity index (χ3v) is 5.06. The van der Waals surface area contributed by atoms with Gasteiger partial charge in [-0.25, -0.2) is 4.98 Å². The molecule has 0 aliphatic rings. The van der Waals surface area contributed by atoms with Crippen molar-refractivity contribution in [1.29, 1.82) is 0 Å². The lowest BCUT2D eigenvalue weighted by atomic mass is 10.1. The van der Waals surface area contributed by atoms with Gasteiger partial charge in [0.05, 0.1) is 25.6 Å². The Morgan fingerprint density at radius 1 is 1.07 bits per heavy atom. The number of rotatable bonds is 5. The third kappa shape index (κ3) is 3.39. The Labute approximate surface area is 165 Å². The van der Waals surface area contributed by atoms with Gasteiger partial charge in [-0.1, -0.05) is 12.1 Å². The Hall–Kier alpha value is -3.45. The van der Waals surface area contributed by atoms with E-state index in [9.17, 15) is 4.79 Å². The van der Waals surface area contributed by atoms with E-state index in [-0.39, 0.29) is 5.56 Å². The van der Waals surface area contributed by atoms with Gasteiger partial charge in [-0.05, 0) is 35.9 Å². The Morgan fingerprint density at radius 2 is 1.93 bits per heavy atom. The lowest BCUT2D eigenvalue weighted by Gasteiger charge is -2.09. The van der Waals surface area contributed by atoms with E-state index in [0.29, 0.717) is 22.2 Å². The predicted molar refractivity (Wildman–Crippen MR) is 111 cm³/mol. The monoisotopic (exact) mass is 391 g/mol. The average Bonchev–Trinajstić information content (AvgIpc) is 3.17. The fourth-order valence-corrected chi connectivity index (χ4v) is 3.78. The molecule has 3 heterocycles. The average molecular weight is 391 g/mol. The van der Waals surface area contributed by atoms with Gasteiger partial charge in [0.2, 0.25) is 0 Å². The summed E-state index contributed by atoms with van der Waals surface area (Å²) in [6, 6.07) is 10.9. The van der Waals surface area contributed by atoms with Crippen molar-refractivity contribution in [2.24, 2.45) is 0 Å². The van der Waals surface area contributed by atoms with Crippen LogP contribution in [0.5, 0.6) is 11.5 Å². The van der Waals surface area contributed by atoms with Gasteiger partial charge in [0.1, 0.15) is 0 Å². The molecule has 0 aliphatic carbocycles. The zero-order valence-corrected chi connectivity index (χ0v) is 16.1. The van der Waals surface area contributed by atoms with Crippen molar-refractivity contribution in [1.82, 2.24) is 14.4 Å². The molecule has 0 unspecified atom stereocenters. The highest BCUT2D eigenvalue weighted by Crippen LogP contribution is 2.33. The lowest BCUT2D eigenvalue weighted by Crippen LogP contribution is -2.13. The molecule has 0 atom stereocenters. The number of pyridine rings is 1. The number of hydrogen-bond acceptors (Lipinski definition) is 6. The standard InChI is InChI=1S/C21H17N3O3S/c1-26-18-8-6-15(10-19(18)27-2)17-13-28-21-23-16(11-20(25)24(17)21)7-5-14-4-3-9-22-12-14/h3-13H,1-2H3. The van der Waals surface area contributed by atoms with E-state index in [1.165, 1.54) is 17.4 Å². The molecule has 4 aromatic rings. The number of hydrogen-bond donors (Lipinski definition) is 0. The number of benzene rings is 1. The van der Waals surface area contributed by atoms with E-state index in [1.807, 2.05) is 47.9 Å². The summed E-state index contributed by atoms with van der Waals surface area (Å²) in [6.07, 6.45) is 7.17. The summed E-state index contributed by atoms with van der Waals surface area (Å²) in [5.74, 6) is 1.25. The Morgan fingerprint density at radius 3 is 2.68 bits per heavy atom. The molecule has 6 nitrogen and oxygen atoms in total. The topological polar surface area (TPSA) is 65.7 Å². The molecular formula is C21H17N3O3S. The van der Waals surface area contributed by atoms with Crippen LogP contribution in [-0.2, 0) is 0 Å². The summed E-state index contributed by atoms with van der Waals surface area (Å²) < 4.78 is 12.3. The molecule has 4 rings (SSSR count). The minimum absolute atomic E-state index is 0.137. The third-order valence-electron chi connectivity index (χ3n) is 4.23. The van der Waals surface area contributed by atoms with E-state index >= 15 is 0 Å². The molecule has 0 amide bonds. The van der Waals surface area contributed by atoms with Crippen LogP contribution in [0.1, 0.15) is 11.3 Å². The summed E-state index contributed by atoms with van der Waals surface area (Å²) in [5.41, 5.74) is 3.03. The Bertz CT molecular complexity index is 1210. The number of thiazole rings is 1. The van der Waals surface area contributed by atoms with Gasteiger partial charge in [0, 0.05) is 29.4 Å². The molecular weight excluding hydrogens is 374 g/mol. The fourth-order valence-electron chi connectivity index (χ4n) is 2.87. The number of nitrogens with zero attached hydrogens (tertiary/aromatic N) is 3. The van der Waals surface area contributed by atoms with Crippen molar-refractivity contribution in [3.63, 3.8) is 0 Å². The maximum absolute atomic E-state index is 12.8. The number of ether oxygens (including phenoxy) is 2. The van der Waals surface area contributed by atoms with Gasteiger partial charge < -0.3 is 9.47 Å². The highest BCUT2D eigenvalue weighted by atomic mass is 32.1. The SMILES string of the molecule is COc1ccc(-c2csc3nc(C=Cc4cccnc4)cc(=O)n23)cc1OC. The molecule has 3 aromatic heterocycles. The highest BCUT2D eigenvalue weighted by Gasteiger charge is 2.13. The zero-order valence-electron chi connectivity index (χ0n) is 15.3. The van der Waals surface area contributed by atoms with Crippen molar-refractivity contribution in [2.45, 2.75) is 0 Å². The smallest absolute Gasteiger partial charge is 0.259 e. The van der Waals surface area contributed by atoms with Crippen LogP contribution in [0.15, 0.2) is 59.0 Å². The maximum atomic E-state index is 12.8. The molecule has 0 spiro atoms. The predicted octanol–water partition coefficient (Wildman–Crippen LogP) is 4.01. The maximum Gasteiger partial charge on any atom is 0.259 e. The Balaban J connectivity index is 1.75. The van der Waals surface area contributed by atoms with Gasteiger partial charge >= 0.3 is 0 Å². The van der Waals surface area contributed by atoms with Crippen molar-refractivity contribution in [3.05, 3.63) is 75.8 Å². The van der Waals surface area contributed by atoms with Gasteiger partial charge in [-0.15, -0.1) is 11.3 Å². The van der Waals surface area contributed by atoms with E-state index in [0.717, 1.165) is 16.8 Å². The summed E-state index contributed by atoms with van der Waals surface area (Å²) in [6.45, 7) is 0. The summed E-state index contributed by atoms with van der Waals surface area (Å²) in [5, 5.41) is 1.92. The molecule has 0 saturated carbocycles. The molecule has 140 valence electrons. The van der Waals surface area contributed by atoms with Crippen LogP contribution in [0.2, 0.25) is 0 Å². The summed E-state index contributed by atoms with van der Waals surface area (Å²) in [4.78, 5) is 22.1. The highest BCUT2D eigenvalue weighted by molar-refractivity contribution is 7.15. The molecule has 0 saturated heterocycles. The largest absolute Gasteiger partial charge is 0.493 e. The van der Waals surface area contributed by atoms with Crippen LogP contribution in [0.25, 0.3) is 28.4 Å². The molecule has 28 heavy (non-hydrogen) atoms. The first-order valence-corrected chi connectivity index (χ1v) is 9.39. The number of methoxy groups -OCH3 is 2. The summed E-state index contributed by atoms with van der Waals surface area (Å²) >= 11 is 1.42. The second-order valence-corrected chi connectivity index (χ2v) is 6.78. The minimum atomic E-state index is -0.137. The quantitative estimate of drug-likeness (QED) is 0.514.